The Morgan fingerprint density at radius 2 is 0.866 bits per heavy atom. The molecule has 0 aliphatic rings. The smallest absolute Gasteiger partial charge is 0.268 e. The molecule has 0 spiro atoms. The average Bonchev–Trinajstić information content (AvgIpc) is 3.29. The highest BCUT2D eigenvalue weighted by Crippen LogP contribution is 2.38. The number of phosphoric ester groups is 1. The number of unbranched alkanes of at least 4 members (excludes halogenated alkanes) is 34. The number of hydrogen-bond acceptors (Lipinski definition) is 6. The van der Waals surface area contributed by atoms with Crippen LogP contribution in [0.25, 0.3) is 0 Å². The zero-order valence-corrected chi connectivity index (χ0v) is 46.0. The third-order valence-electron chi connectivity index (χ3n) is 13.1. The maximum atomic E-state index is 12.9. The van der Waals surface area contributed by atoms with Gasteiger partial charge in [-0.15, -0.1) is 0 Å². The van der Waals surface area contributed by atoms with Crippen molar-refractivity contribution in [2.24, 2.45) is 0 Å². The van der Waals surface area contributed by atoms with Crippen LogP contribution in [0.5, 0.6) is 0 Å². The fourth-order valence-electron chi connectivity index (χ4n) is 8.58. The summed E-state index contributed by atoms with van der Waals surface area (Å²) in [4.78, 5) is 25.5. The van der Waals surface area contributed by atoms with Gasteiger partial charge in [0.05, 0.1) is 39.9 Å². The minimum absolute atomic E-state index is 0.0134. The van der Waals surface area contributed by atoms with Gasteiger partial charge in [0, 0.05) is 6.42 Å². The summed E-state index contributed by atoms with van der Waals surface area (Å²) in [5.74, 6) is -0.162. The predicted octanol–water partition coefficient (Wildman–Crippen LogP) is 16.7. The van der Waals surface area contributed by atoms with Gasteiger partial charge < -0.3 is 28.8 Å². The van der Waals surface area contributed by atoms with Crippen LogP contribution in [0.2, 0.25) is 0 Å². The highest BCUT2D eigenvalue weighted by molar-refractivity contribution is 7.45. The fourth-order valence-corrected chi connectivity index (χ4v) is 9.30. The van der Waals surface area contributed by atoms with Crippen molar-refractivity contribution in [2.45, 2.75) is 289 Å². The summed E-state index contributed by atoms with van der Waals surface area (Å²) in [7, 11) is 1.31. The molecule has 9 heteroatoms. The van der Waals surface area contributed by atoms with E-state index in [2.05, 4.69) is 55.6 Å². The molecular weight excluding hydrogens is 852 g/mol. The molecule has 3 unspecified atom stereocenters. The Morgan fingerprint density at radius 1 is 0.522 bits per heavy atom. The maximum Gasteiger partial charge on any atom is 0.268 e. The summed E-state index contributed by atoms with van der Waals surface area (Å²) in [5, 5.41) is 14.0. The van der Waals surface area contributed by atoms with Crippen LogP contribution in [0.15, 0.2) is 36.5 Å². The Hall–Kier alpha value is -1.28. The SMILES string of the molecule is CCCCCCC/C=C\C/C=C\C/C=C\CCCCCCCCCCCCCCCCCCCCC(=O)NC(COP(=O)([O-])OCC[N+](C)(C)C)C(O)CCCCCCCCCCCCCC. The minimum Gasteiger partial charge on any atom is -0.756 e. The molecule has 0 radical (unpaired) electrons. The van der Waals surface area contributed by atoms with Crippen LogP contribution in [-0.2, 0) is 18.4 Å². The number of nitrogens with one attached hydrogen (secondary N) is 1. The van der Waals surface area contributed by atoms with E-state index in [-0.39, 0.29) is 19.1 Å². The standard InChI is InChI=1S/C58H113N2O6P/c1-6-8-10-12-14-16-18-20-21-22-23-24-25-26-27-28-29-30-31-32-33-34-35-36-37-38-39-40-42-44-46-48-50-52-58(62)59-56(55-66-67(63,64)65-54-53-60(3,4)5)57(61)51-49-47-45-43-41-19-17-15-13-11-9-7-2/h18,20,22-23,25-26,56-57,61H,6-17,19,21,24,27-55H2,1-5H3,(H-,59,62,63,64)/b20-18-,23-22-,26-25-. The molecule has 3 atom stereocenters. The third-order valence-corrected chi connectivity index (χ3v) is 14.1. The van der Waals surface area contributed by atoms with E-state index >= 15 is 0 Å². The van der Waals surface area contributed by atoms with Gasteiger partial charge in [-0.25, -0.2) is 0 Å². The number of amides is 1. The predicted molar refractivity (Wildman–Crippen MR) is 288 cm³/mol. The number of carbonyl (C=O) groups excluding carboxylic acids is 1. The first-order valence-corrected chi connectivity index (χ1v) is 30.3. The fraction of sp³-hybridized carbons (Fsp3) is 0.879. The van der Waals surface area contributed by atoms with E-state index in [0.29, 0.717) is 23.9 Å². The Balaban J connectivity index is 3.97. The van der Waals surface area contributed by atoms with Crippen molar-refractivity contribution in [3.8, 4) is 0 Å². The van der Waals surface area contributed by atoms with Gasteiger partial charge in [0.2, 0.25) is 5.91 Å². The second-order valence-corrected chi connectivity index (χ2v) is 22.4. The van der Waals surface area contributed by atoms with E-state index in [1.54, 1.807) is 0 Å². The molecule has 2 N–H and O–H groups in total. The normalized spacial score (nSPS) is 14.2. The molecule has 0 rings (SSSR count). The first-order chi connectivity index (χ1) is 32.5. The maximum absolute atomic E-state index is 12.9. The summed E-state index contributed by atoms with van der Waals surface area (Å²) in [6.45, 7) is 4.72. The van der Waals surface area contributed by atoms with Gasteiger partial charge in [-0.1, -0.05) is 256 Å². The molecule has 396 valence electrons. The van der Waals surface area contributed by atoms with Crippen LogP contribution < -0.4 is 10.2 Å². The van der Waals surface area contributed by atoms with Gasteiger partial charge >= 0.3 is 0 Å². The molecule has 8 nitrogen and oxygen atoms in total. The summed E-state index contributed by atoms with van der Waals surface area (Å²) in [5.41, 5.74) is 0. The first-order valence-electron chi connectivity index (χ1n) is 28.8. The van der Waals surface area contributed by atoms with Gasteiger partial charge in [-0.2, -0.15) is 0 Å². The summed E-state index contributed by atoms with van der Waals surface area (Å²) < 4.78 is 23.4. The minimum atomic E-state index is -4.57. The largest absolute Gasteiger partial charge is 0.756 e. The molecule has 0 aromatic carbocycles. The molecule has 0 fully saturated rings. The van der Waals surface area contributed by atoms with Gasteiger partial charge in [0.15, 0.2) is 0 Å². The molecule has 0 aromatic heterocycles. The molecule has 0 saturated heterocycles. The second-order valence-electron chi connectivity index (χ2n) is 21.0. The molecule has 0 aliphatic heterocycles. The van der Waals surface area contributed by atoms with Crippen molar-refractivity contribution in [2.75, 3.05) is 40.9 Å². The van der Waals surface area contributed by atoms with Crippen LogP contribution >= 0.6 is 7.82 Å². The van der Waals surface area contributed by atoms with E-state index in [1.807, 2.05) is 21.1 Å². The zero-order valence-electron chi connectivity index (χ0n) is 45.1. The van der Waals surface area contributed by atoms with E-state index in [9.17, 15) is 19.4 Å². The van der Waals surface area contributed by atoms with Crippen molar-refractivity contribution >= 4 is 13.7 Å². The van der Waals surface area contributed by atoms with Gasteiger partial charge in [-0.3, -0.25) is 9.36 Å². The van der Waals surface area contributed by atoms with E-state index < -0.39 is 20.0 Å². The number of aliphatic hydroxyl groups excluding tert-OH is 1. The van der Waals surface area contributed by atoms with E-state index in [0.717, 1.165) is 51.4 Å². The van der Waals surface area contributed by atoms with Gasteiger partial charge in [-0.05, 0) is 51.4 Å². The number of carbonyl (C=O) groups is 1. The summed E-state index contributed by atoms with van der Waals surface area (Å²) >= 11 is 0. The highest BCUT2D eigenvalue weighted by atomic mass is 31.2. The molecular formula is C58H113N2O6P. The topological polar surface area (TPSA) is 108 Å². The van der Waals surface area contributed by atoms with Crippen molar-refractivity contribution in [1.29, 1.82) is 0 Å². The van der Waals surface area contributed by atoms with Crippen molar-refractivity contribution in [3.63, 3.8) is 0 Å². The first kappa shape index (κ1) is 65.7. The van der Waals surface area contributed by atoms with Crippen molar-refractivity contribution in [1.82, 2.24) is 5.32 Å². The lowest BCUT2D eigenvalue weighted by molar-refractivity contribution is -0.870. The Bertz CT molecular complexity index is 1190. The molecule has 67 heavy (non-hydrogen) atoms. The van der Waals surface area contributed by atoms with Crippen LogP contribution in [0.3, 0.4) is 0 Å². The monoisotopic (exact) mass is 965 g/mol. The third kappa shape index (κ3) is 52.4. The average molecular weight is 966 g/mol. The lowest BCUT2D eigenvalue weighted by Crippen LogP contribution is -2.46. The number of nitrogens with zero attached hydrogens (tertiary/aromatic N) is 1. The quantitative estimate of drug-likeness (QED) is 0.0272. The van der Waals surface area contributed by atoms with Crippen molar-refractivity contribution < 1.29 is 32.9 Å². The molecule has 0 aliphatic carbocycles. The number of allylic oxidation sites excluding steroid dienone is 6. The van der Waals surface area contributed by atoms with E-state index in [1.165, 1.54) is 199 Å². The lowest BCUT2D eigenvalue weighted by Gasteiger charge is -2.30. The van der Waals surface area contributed by atoms with Gasteiger partial charge in [0.25, 0.3) is 7.82 Å². The van der Waals surface area contributed by atoms with Crippen LogP contribution in [0.4, 0.5) is 0 Å². The van der Waals surface area contributed by atoms with Crippen LogP contribution in [0, 0.1) is 0 Å². The van der Waals surface area contributed by atoms with E-state index in [4.69, 9.17) is 9.05 Å². The number of hydrogen-bond donors (Lipinski definition) is 2. The summed E-state index contributed by atoms with van der Waals surface area (Å²) in [6, 6.07) is -0.798. The zero-order chi connectivity index (χ0) is 49.2. The molecule has 0 heterocycles. The highest BCUT2D eigenvalue weighted by Gasteiger charge is 2.24. The summed E-state index contributed by atoms with van der Waals surface area (Å²) in [6.07, 6.45) is 63.3. The number of aliphatic hydroxyl groups is 1. The lowest BCUT2D eigenvalue weighted by atomic mass is 10.0. The van der Waals surface area contributed by atoms with Crippen LogP contribution in [-0.4, -0.2) is 68.5 Å². The number of quaternary nitrogens is 1. The Labute approximate surface area is 417 Å². The number of rotatable bonds is 53. The Morgan fingerprint density at radius 3 is 1.25 bits per heavy atom. The Kier molecular flexibility index (Phi) is 48.7. The second kappa shape index (κ2) is 49.7. The van der Waals surface area contributed by atoms with Crippen LogP contribution in [0.1, 0.15) is 277 Å². The van der Waals surface area contributed by atoms with Crippen molar-refractivity contribution in [3.05, 3.63) is 36.5 Å². The molecule has 0 bridgehead atoms. The van der Waals surface area contributed by atoms with Gasteiger partial charge in [0.1, 0.15) is 13.2 Å². The molecule has 0 saturated carbocycles. The number of phosphoric acid groups is 1. The molecule has 1 amide bonds. The number of likely N-dealkylation sites (N-methyl/N-ethyl adjacent to an activating group) is 1. The molecule has 0 aromatic rings.